The normalized spacial score (nSPS) is 25.0. The van der Waals surface area contributed by atoms with Crippen LogP contribution in [0.25, 0.3) is 0 Å². The number of methoxy groups -OCH3 is 1. The summed E-state index contributed by atoms with van der Waals surface area (Å²) in [4.78, 5) is 16.6. The highest BCUT2D eigenvalue weighted by atomic mass is 16.8. The van der Waals surface area contributed by atoms with Crippen molar-refractivity contribution in [1.29, 1.82) is 0 Å². The summed E-state index contributed by atoms with van der Waals surface area (Å²) in [6, 6.07) is 0. The summed E-state index contributed by atoms with van der Waals surface area (Å²) in [6.07, 6.45) is 0.338. The number of ether oxygens (including phenoxy) is 2. The fourth-order valence-electron chi connectivity index (χ4n) is 1.38. The molecule has 0 amide bonds. The van der Waals surface area contributed by atoms with Crippen LogP contribution in [-0.4, -0.2) is 31.2 Å². The van der Waals surface area contributed by atoms with Crippen molar-refractivity contribution in [3.05, 3.63) is 0 Å². The van der Waals surface area contributed by atoms with Gasteiger partial charge in [-0.15, -0.1) is 0 Å². The third-order valence-electron chi connectivity index (χ3n) is 2.26. The number of hydrogen-bond donors (Lipinski definition) is 0. The van der Waals surface area contributed by atoms with Gasteiger partial charge in [0, 0.05) is 6.61 Å². The van der Waals surface area contributed by atoms with E-state index < -0.39 is 11.8 Å². The highest BCUT2D eigenvalue weighted by Gasteiger charge is 2.49. The van der Waals surface area contributed by atoms with Gasteiger partial charge in [-0.2, -0.15) is 0 Å². The van der Waals surface area contributed by atoms with Gasteiger partial charge in [-0.05, 0) is 12.8 Å². The third-order valence-corrected chi connectivity index (χ3v) is 2.26. The Balaban J connectivity index is 2.77. The maximum Gasteiger partial charge on any atom is 0.382 e. The lowest BCUT2D eigenvalue weighted by molar-refractivity contribution is -0.235. The molecule has 0 saturated heterocycles. The van der Waals surface area contributed by atoms with Crippen LogP contribution >= 0.6 is 0 Å². The van der Waals surface area contributed by atoms with Gasteiger partial charge < -0.3 is 14.3 Å². The highest BCUT2D eigenvalue weighted by Crippen LogP contribution is 2.29. The number of rotatable bonds is 4. The number of esters is 1. The number of carbonyl (C=O) groups excluding carboxylic acids is 1. The van der Waals surface area contributed by atoms with Crippen molar-refractivity contribution >= 4 is 11.7 Å². The molecule has 0 aliphatic carbocycles. The molecule has 1 unspecified atom stereocenters. The number of hydrogen-bond acceptors (Lipinski definition) is 5. The standard InChI is InChI=1S/C10H17NO4/c1-5-14-10(9(12)13-4)6-8(7(2)3)11-15-10/h7H,5-6H2,1-4H3. The third kappa shape index (κ3) is 2.28. The smallest absolute Gasteiger partial charge is 0.382 e. The van der Waals surface area contributed by atoms with E-state index in [9.17, 15) is 4.79 Å². The van der Waals surface area contributed by atoms with Gasteiger partial charge in [0.25, 0.3) is 0 Å². The van der Waals surface area contributed by atoms with Crippen molar-refractivity contribution in [2.24, 2.45) is 11.1 Å². The Kier molecular flexibility index (Phi) is 3.68. The lowest BCUT2D eigenvalue weighted by Crippen LogP contribution is -2.43. The first-order valence-electron chi connectivity index (χ1n) is 5.03. The SMILES string of the molecule is CCOC1(C(=O)OC)CC(C(C)C)=NO1. The van der Waals surface area contributed by atoms with E-state index in [1.54, 1.807) is 6.92 Å². The molecule has 0 aromatic rings. The van der Waals surface area contributed by atoms with Gasteiger partial charge in [0.1, 0.15) is 0 Å². The molecule has 0 spiro atoms. The Morgan fingerprint density at radius 3 is 2.73 bits per heavy atom. The highest BCUT2D eigenvalue weighted by molar-refractivity contribution is 5.93. The lowest BCUT2D eigenvalue weighted by atomic mass is 10.0. The summed E-state index contributed by atoms with van der Waals surface area (Å²) >= 11 is 0. The molecule has 0 aromatic carbocycles. The minimum Gasteiger partial charge on any atom is -0.464 e. The average Bonchev–Trinajstić information content (AvgIpc) is 2.63. The van der Waals surface area contributed by atoms with Gasteiger partial charge in [-0.25, -0.2) is 4.79 Å². The van der Waals surface area contributed by atoms with Crippen LogP contribution in [0, 0.1) is 5.92 Å². The van der Waals surface area contributed by atoms with Crippen LogP contribution in [0.2, 0.25) is 0 Å². The van der Waals surface area contributed by atoms with E-state index in [0.717, 1.165) is 5.71 Å². The van der Waals surface area contributed by atoms with E-state index in [1.165, 1.54) is 7.11 Å². The molecular formula is C10H17NO4. The quantitative estimate of drug-likeness (QED) is 0.664. The summed E-state index contributed by atoms with van der Waals surface area (Å²) in [7, 11) is 1.31. The molecule has 0 fully saturated rings. The fourth-order valence-corrected chi connectivity index (χ4v) is 1.38. The van der Waals surface area contributed by atoms with E-state index in [1.807, 2.05) is 13.8 Å². The van der Waals surface area contributed by atoms with Crippen LogP contribution < -0.4 is 0 Å². The van der Waals surface area contributed by atoms with Crippen molar-refractivity contribution in [2.45, 2.75) is 33.0 Å². The molecule has 1 rings (SSSR count). The van der Waals surface area contributed by atoms with E-state index in [2.05, 4.69) is 9.89 Å². The Bertz CT molecular complexity index is 275. The fraction of sp³-hybridized carbons (Fsp3) is 0.800. The molecule has 1 aliphatic rings. The van der Waals surface area contributed by atoms with Crippen LogP contribution in [0.1, 0.15) is 27.2 Å². The van der Waals surface area contributed by atoms with Gasteiger partial charge in [0.05, 0.1) is 19.2 Å². The second-order valence-electron chi connectivity index (χ2n) is 3.68. The molecule has 0 N–H and O–H groups in total. The maximum absolute atomic E-state index is 11.5. The lowest BCUT2D eigenvalue weighted by Gasteiger charge is -2.22. The van der Waals surface area contributed by atoms with Crippen molar-refractivity contribution in [2.75, 3.05) is 13.7 Å². The first kappa shape index (κ1) is 12.0. The molecule has 15 heavy (non-hydrogen) atoms. The zero-order chi connectivity index (χ0) is 11.5. The predicted octanol–water partition coefficient (Wildman–Crippen LogP) is 1.32. The van der Waals surface area contributed by atoms with Crippen molar-refractivity contribution in [3.63, 3.8) is 0 Å². The summed E-state index contributed by atoms with van der Waals surface area (Å²) in [6.45, 7) is 6.14. The van der Waals surface area contributed by atoms with Crippen LogP contribution in [0.5, 0.6) is 0 Å². The van der Waals surface area contributed by atoms with Gasteiger partial charge in [0.15, 0.2) is 0 Å². The van der Waals surface area contributed by atoms with Gasteiger partial charge in [-0.1, -0.05) is 19.0 Å². The molecule has 0 saturated carbocycles. The minimum atomic E-state index is -1.36. The topological polar surface area (TPSA) is 57.1 Å². The van der Waals surface area contributed by atoms with Crippen molar-refractivity contribution < 1.29 is 19.1 Å². The van der Waals surface area contributed by atoms with Crippen LogP contribution in [-0.2, 0) is 19.1 Å². The Hall–Kier alpha value is -1.10. The Morgan fingerprint density at radius 2 is 2.33 bits per heavy atom. The van der Waals surface area contributed by atoms with E-state index in [4.69, 9.17) is 9.57 Å². The average molecular weight is 215 g/mol. The number of carbonyl (C=O) groups is 1. The van der Waals surface area contributed by atoms with Gasteiger partial charge >= 0.3 is 11.8 Å². The molecule has 1 atom stereocenters. The van der Waals surface area contributed by atoms with E-state index in [-0.39, 0.29) is 5.92 Å². The predicted molar refractivity (Wildman–Crippen MR) is 54.3 cm³/mol. The maximum atomic E-state index is 11.5. The molecule has 5 heteroatoms. The zero-order valence-corrected chi connectivity index (χ0v) is 9.57. The molecule has 0 bridgehead atoms. The molecular weight excluding hydrogens is 198 g/mol. The zero-order valence-electron chi connectivity index (χ0n) is 9.57. The number of nitrogens with zero attached hydrogens (tertiary/aromatic N) is 1. The van der Waals surface area contributed by atoms with Crippen LogP contribution in [0.15, 0.2) is 5.16 Å². The first-order valence-corrected chi connectivity index (χ1v) is 5.03. The summed E-state index contributed by atoms with van der Waals surface area (Å²) in [5, 5.41) is 3.87. The molecule has 0 aromatic heterocycles. The minimum absolute atomic E-state index is 0.233. The van der Waals surface area contributed by atoms with E-state index in [0.29, 0.717) is 13.0 Å². The molecule has 1 heterocycles. The molecule has 0 radical (unpaired) electrons. The summed E-state index contributed by atoms with van der Waals surface area (Å²) in [5.41, 5.74) is 0.814. The first-order chi connectivity index (χ1) is 7.05. The second kappa shape index (κ2) is 4.61. The molecule has 86 valence electrons. The van der Waals surface area contributed by atoms with Gasteiger partial charge in [-0.3, -0.25) is 0 Å². The van der Waals surface area contributed by atoms with Crippen LogP contribution in [0.3, 0.4) is 0 Å². The van der Waals surface area contributed by atoms with Crippen molar-refractivity contribution in [3.8, 4) is 0 Å². The number of oxime groups is 1. The Labute approximate surface area is 89.4 Å². The van der Waals surface area contributed by atoms with Crippen LogP contribution in [0.4, 0.5) is 0 Å². The second-order valence-corrected chi connectivity index (χ2v) is 3.68. The molecule has 1 aliphatic heterocycles. The summed E-state index contributed by atoms with van der Waals surface area (Å²) < 4.78 is 9.97. The monoisotopic (exact) mass is 215 g/mol. The van der Waals surface area contributed by atoms with E-state index >= 15 is 0 Å². The Morgan fingerprint density at radius 1 is 1.67 bits per heavy atom. The molecule has 5 nitrogen and oxygen atoms in total. The largest absolute Gasteiger partial charge is 0.464 e. The van der Waals surface area contributed by atoms with Gasteiger partial charge in [0.2, 0.25) is 0 Å². The summed E-state index contributed by atoms with van der Waals surface area (Å²) in [5.74, 6) is -1.66. The van der Waals surface area contributed by atoms with Crippen molar-refractivity contribution in [1.82, 2.24) is 0 Å².